The van der Waals surface area contributed by atoms with E-state index in [1.165, 1.54) is 6.33 Å². The fraction of sp³-hybridized carbons (Fsp3) is 0.629. The summed E-state index contributed by atoms with van der Waals surface area (Å²) in [6.07, 6.45) is 7.51. The van der Waals surface area contributed by atoms with Crippen LogP contribution in [-0.4, -0.2) is 98.4 Å². The van der Waals surface area contributed by atoms with Crippen LogP contribution in [0.2, 0.25) is 0 Å². The maximum Gasteiger partial charge on any atom is 0.408 e. The summed E-state index contributed by atoms with van der Waals surface area (Å²) in [5.74, 6) is -1.78. The molecule has 5 atom stereocenters. The van der Waals surface area contributed by atoms with Crippen LogP contribution in [0.3, 0.4) is 0 Å². The van der Waals surface area contributed by atoms with Crippen molar-refractivity contribution in [2.45, 2.75) is 108 Å². The van der Waals surface area contributed by atoms with Gasteiger partial charge in [-0.15, -0.1) is 0 Å². The molecule has 0 bridgehead atoms. The number of hydrogen-bond donors (Lipinski definition) is 6. The van der Waals surface area contributed by atoms with E-state index >= 15 is 0 Å². The van der Waals surface area contributed by atoms with Gasteiger partial charge in [-0.25, -0.2) is 9.78 Å². The van der Waals surface area contributed by atoms with Crippen molar-refractivity contribution in [1.82, 2.24) is 30.8 Å². The van der Waals surface area contributed by atoms with Crippen molar-refractivity contribution in [3.05, 3.63) is 54.1 Å². The van der Waals surface area contributed by atoms with Crippen molar-refractivity contribution in [1.29, 1.82) is 0 Å². The summed E-state index contributed by atoms with van der Waals surface area (Å²) in [5.41, 5.74) is 0.617. The van der Waals surface area contributed by atoms with Gasteiger partial charge in [0.1, 0.15) is 17.7 Å². The molecule has 2 aromatic rings. The van der Waals surface area contributed by atoms with Crippen LogP contribution in [0.25, 0.3) is 0 Å². The molecule has 13 heteroatoms. The normalized spacial score (nSPS) is 19.6. The maximum atomic E-state index is 14.1. The van der Waals surface area contributed by atoms with E-state index in [1.807, 2.05) is 30.3 Å². The minimum atomic E-state index is -1.14. The molecule has 0 radical (unpaired) electrons. The summed E-state index contributed by atoms with van der Waals surface area (Å²) in [5, 5.41) is 29.5. The predicted molar refractivity (Wildman–Crippen MR) is 178 cm³/mol. The van der Waals surface area contributed by atoms with Gasteiger partial charge in [-0.2, -0.15) is 0 Å². The van der Waals surface area contributed by atoms with Crippen LogP contribution in [0, 0.1) is 11.8 Å². The van der Waals surface area contributed by atoms with E-state index in [-0.39, 0.29) is 37.8 Å². The van der Waals surface area contributed by atoms with Gasteiger partial charge < -0.3 is 40.8 Å². The monoisotopic (exact) mass is 668 g/mol. The van der Waals surface area contributed by atoms with Crippen LogP contribution in [-0.2, 0) is 32.0 Å². The summed E-state index contributed by atoms with van der Waals surface area (Å²) < 4.78 is 5.43. The smallest absolute Gasteiger partial charge is 0.408 e. The first kappa shape index (κ1) is 36.9. The SMILES string of the molecule is CC(C)(C)OC(=O)N[C@@H](Cc1ccccc1)C(=O)N[C@@H](Cc1cnc[nH]1)C(=O)N[C@H](CC1CCCCC1)[C@@H](O)[C@@H]1CCN(CCO)C1=O. The average Bonchev–Trinajstić information content (AvgIpc) is 3.69. The maximum absolute atomic E-state index is 14.1. The highest BCUT2D eigenvalue weighted by atomic mass is 16.6. The van der Waals surface area contributed by atoms with Gasteiger partial charge in [0.2, 0.25) is 17.7 Å². The number of aliphatic hydroxyl groups excluding tert-OH is 2. The van der Waals surface area contributed by atoms with Crippen molar-refractivity contribution in [2.75, 3.05) is 19.7 Å². The Kier molecular flexibility index (Phi) is 13.4. The Hall–Kier alpha value is -3.97. The van der Waals surface area contributed by atoms with Crippen molar-refractivity contribution < 1.29 is 34.1 Å². The molecule has 0 unspecified atom stereocenters. The number of rotatable bonds is 15. The number of likely N-dealkylation sites (tertiary alicyclic amines) is 1. The standard InChI is InChI=1S/C35H52N6O7/c1-35(2,3)48-34(47)40-28(19-24-12-8-5-9-13-24)31(44)39-29(20-25-21-36-22-37-25)32(45)38-27(18-23-10-6-4-7-11-23)30(43)26-14-15-41(16-17-42)33(26)46/h5,8-9,12-13,21-23,26-30,42-43H,4,6-7,10-11,14-20H2,1-3H3,(H,36,37)(H,38,45)(H,39,44)(H,40,47)/t26-,27+,28-,29-,30-/m0/s1. The van der Waals surface area contributed by atoms with E-state index in [0.29, 0.717) is 25.1 Å². The van der Waals surface area contributed by atoms with E-state index in [9.17, 15) is 29.4 Å². The van der Waals surface area contributed by atoms with Crippen LogP contribution in [0.5, 0.6) is 0 Å². The van der Waals surface area contributed by atoms with E-state index in [2.05, 4.69) is 25.9 Å². The second-order valence-electron chi connectivity index (χ2n) is 14.0. The average molecular weight is 669 g/mol. The molecule has 0 spiro atoms. The minimum Gasteiger partial charge on any atom is -0.444 e. The number of β-amino-alcohol motifs (C(OH)–C–C–N with tert-alkyl or cyclic N) is 1. The Balaban J connectivity index is 1.55. The zero-order chi connectivity index (χ0) is 34.7. The van der Waals surface area contributed by atoms with E-state index in [1.54, 1.807) is 31.9 Å². The van der Waals surface area contributed by atoms with Crippen LogP contribution in [0.4, 0.5) is 4.79 Å². The van der Waals surface area contributed by atoms with Crippen molar-refractivity contribution in [3.63, 3.8) is 0 Å². The van der Waals surface area contributed by atoms with Gasteiger partial charge >= 0.3 is 6.09 Å². The topological polar surface area (TPSA) is 186 Å². The van der Waals surface area contributed by atoms with Crippen molar-refractivity contribution in [2.24, 2.45) is 11.8 Å². The molecule has 1 aromatic heterocycles. The highest BCUT2D eigenvalue weighted by Gasteiger charge is 2.41. The summed E-state index contributed by atoms with van der Waals surface area (Å²) in [7, 11) is 0. The van der Waals surface area contributed by atoms with Gasteiger partial charge in [0.25, 0.3) is 0 Å². The lowest BCUT2D eigenvalue weighted by molar-refractivity contribution is -0.136. The minimum absolute atomic E-state index is 0.0704. The van der Waals surface area contributed by atoms with Gasteiger partial charge in [0.05, 0.1) is 31.0 Å². The van der Waals surface area contributed by atoms with E-state index in [4.69, 9.17) is 4.74 Å². The highest BCUT2D eigenvalue weighted by Crippen LogP contribution is 2.31. The third kappa shape index (κ3) is 11.0. The Labute approximate surface area is 282 Å². The van der Waals surface area contributed by atoms with E-state index in [0.717, 1.165) is 37.7 Å². The number of carbonyl (C=O) groups is 4. The molecular weight excluding hydrogens is 616 g/mol. The first-order valence-electron chi connectivity index (χ1n) is 17.1. The number of imidazole rings is 1. The molecule has 13 nitrogen and oxygen atoms in total. The lowest BCUT2D eigenvalue weighted by Crippen LogP contribution is -2.58. The van der Waals surface area contributed by atoms with Gasteiger partial charge in [-0.05, 0) is 45.1 Å². The molecule has 1 aliphatic heterocycles. The molecule has 6 N–H and O–H groups in total. The molecule has 4 amide bonds. The molecule has 1 saturated carbocycles. The first-order chi connectivity index (χ1) is 22.9. The summed E-state index contributed by atoms with van der Waals surface area (Å²) >= 11 is 0. The van der Waals surface area contributed by atoms with Gasteiger partial charge in [-0.1, -0.05) is 62.4 Å². The third-order valence-electron chi connectivity index (χ3n) is 9.07. The van der Waals surface area contributed by atoms with E-state index < -0.39 is 53.7 Å². The number of carbonyl (C=O) groups excluding carboxylic acids is 4. The molecule has 4 rings (SSSR count). The summed E-state index contributed by atoms with van der Waals surface area (Å²) in [6, 6.07) is 6.32. The van der Waals surface area contributed by atoms with Crippen molar-refractivity contribution in [3.8, 4) is 0 Å². The molecule has 2 aliphatic rings. The third-order valence-corrected chi connectivity index (χ3v) is 9.07. The first-order valence-corrected chi connectivity index (χ1v) is 17.1. The number of aromatic nitrogens is 2. The number of aromatic amines is 1. The Morgan fingerprint density at radius 2 is 1.69 bits per heavy atom. The van der Waals surface area contributed by atoms with Crippen LogP contribution < -0.4 is 16.0 Å². The zero-order valence-corrected chi connectivity index (χ0v) is 28.3. The lowest BCUT2D eigenvalue weighted by Gasteiger charge is -2.33. The Morgan fingerprint density at radius 3 is 2.33 bits per heavy atom. The zero-order valence-electron chi connectivity index (χ0n) is 28.3. The molecule has 1 saturated heterocycles. The number of amides is 4. The molecule has 264 valence electrons. The van der Waals surface area contributed by atoms with Crippen LogP contribution >= 0.6 is 0 Å². The molecule has 1 aromatic carbocycles. The number of H-pyrrole nitrogens is 1. The second-order valence-corrected chi connectivity index (χ2v) is 14.0. The molecule has 2 fully saturated rings. The number of aliphatic hydroxyl groups is 2. The summed E-state index contributed by atoms with van der Waals surface area (Å²) in [6.45, 7) is 5.64. The Morgan fingerprint density at radius 1 is 1.00 bits per heavy atom. The largest absolute Gasteiger partial charge is 0.444 e. The van der Waals surface area contributed by atoms with Gasteiger partial charge in [0.15, 0.2) is 0 Å². The van der Waals surface area contributed by atoms with Crippen molar-refractivity contribution >= 4 is 23.8 Å². The summed E-state index contributed by atoms with van der Waals surface area (Å²) in [4.78, 5) is 62.5. The fourth-order valence-corrected chi connectivity index (χ4v) is 6.66. The molecule has 48 heavy (non-hydrogen) atoms. The number of ether oxygens (including phenoxy) is 1. The molecule has 1 aliphatic carbocycles. The quantitative estimate of drug-likeness (QED) is 0.167. The predicted octanol–water partition coefficient (Wildman–Crippen LogP) is 2.23. The van der Waals surface area contributed by atoms with Crippen LogP contribution in [0.15, 0.2) is 42.9 Å². The Bertz CT molecular complexity index is 1330. The number of benzene rings is 1. The molecular formula is C35H52N6O7. The molecule has 2 heterocycles. The van der Waals surface area contributed by atoms with Gasteiger partial charge in [0, 0.05) is 37.8 Å². The number of nitrogens with one attached hydrogen (secondary N) is 4. The number of alkyl carbamates (subject to hydrolysis) is 1. The second kappa shape index (κ2) is 17.4. The fourth-order valence-electron chi connectivity index (χ4n) is 6.66. The van der Waals surface area contributed by atoms with Crippen LogP contribution in [0.1, 0.15) is 77.0 Å². The lowest BCUT2D eigenvalue weighted by atomic mass is 9.81. The highest BCUT2D eigenvalue weighted by molar-refractivity contribution is 5.92. The number of hydrogen-bond acceptors (Lipinski definition) is 8. The number of nitrogens with zero attached hydrogens (tertiary/aromatic N) is 2. The van der Waals surface area contributed by atoms with Gasteiger partial charge in [-0.3, -0.25) is 14.4 Å².